The molecule has 0 bridgehead atoms. The Labute approximate surface area is 175 Å². The van der Waals surface area contributed by atoms with Gasteiger partial charge in [0.25, 0.3) is 0 Å². The van der Waals surface area contributed by atoms with Gasteiger partial charge in [0, 0.05) is 13.1 Å². The minimum absolute atomic E-state index is 0. The number of nitrogens with zero attached hydrogens (tertiary/aromatic N) is 1. The van der Waals surface area contributed by atoms with E-state index in [0.717, 1.165) is 18.5 Å². The Hall–Kier alpha value is -0.870. The molecule has 0 saturated heterocycles. The molecule has 0 spiro atoms. The molecule has 0 aliphatic carbocycles. The van der Waals surface area contributed by atoms with E-state index in [9.17, 15) is 8.42 Å². The molecule has 0 saturated carbocycles. The second-order valence-corrected chi connectivity index (χ2v) is 7.81. The Morgan fingerprint density at radius 2 is 1.65 bits per heavy atom. The highest BCUT2D eigenvalue weighted by molar-refractivity contribution is 14.0. The maximum atomic E-state index is 11.9. The van der Waals surface area contributed by atoms with Crippen LogP contribution in [0, 0.1) is 0 Å². The van der Waals surface area contributed by atoms with Crippen LogP contribution in [0.5, 0.6) is 0 Å². The number of rotatable bonds is 12. The summed E-state index contributed by atoms with van der Waals surface area (Å²) in [5.41, 5.74) is 6.77. The number of nitrogens with one attached hydrogen (secondary N) is 2. The standard InChI is InChI=1S/C18H32N4O2S.HI/c1-3-5-6-7-8-9-14-20-18(19)21-15-16-10-12-17(13-11-16)25(23,24)22-4-2;/h10-13,22H,3-9,14-15H2,1-2H3,(H3,19,20,21);1H. The maximum Gasteiger partial charge on any atom is 0.240 e. The van der Waals surface area contributed by atoms with Crippen molar-refractivity contribution in [3.63, 3.8) is 0 Å². The van der Waals surface area contributed by atoms with Crippen LogP contribution >= 0.6 is 24.0 Å². The van der Waals surface area contributed by atoms with Gasteiger partial charge in [-0.25, -0.2) is 18.1 Å². The lowest BCUT2D eigenvalue weighted by Gasteiger charge is -2.07. The largest absolute Gasteiger partial charge is 0.370 e. The Morgan fingerprint density at radius 1 is 1.04 bits per heavy atom. The van der Waals surface area contributed by atoms with Gasteiger partial charge in [0.2, 0.25) is 10.0 Å². The third-order valence-electron chi connectivity index (χ3n) is 3.84. The van der Waals surface area contributed by atoms with Gasteiger partial charge in [0.15, 0.2) is 5.96 Å². The predicted molar refractivity (Wildman–Crippen MR) is 119 cm³/mol. The van der Waals surface area contributed by atoms with Crippen LogP contribution in [0.15, 0.2) is 34.2 Å². The minimum atomic E-state index is -3.40. The maximum absolute atomic E-state index is 11.9. The average Bonchev–Trinajstić information content (AvgIpc) is 2.59. The Balaban J connectivity index is 0.00000625. The lowest BCUT2D eigenvalue weighted by molar-refractivity contribution is 0.584. The molecule has 0 amide bonds. The number of benzene rings is 1. The molecule has 0 unspecified atom stereocenters. The third kappa shape index (κ3) is 10.3. The van der Waals surface area contributed by atoms with Crippen molar-refractivity contribution in [2.45, 2.75) is 63.8 Å². The monoisotopic (exact) mass is 496 g/mol. The van der Waals surface area contributed by atoms with Gasteiger partial charge in [-0.3, -0.25) is 0 Å². The van der Waals surface area contributed by atoms with Crippen molar-refractivity contribution in [1.82, 2.24) is 10.0 Å². The third-order valence-corrected chi connectivity index (χ3v) is 5.40. The smallest absolute Gasteiger partial charge is 0.240 e. The van der Waals surface area contributed by atoms with Crippen molar-refractivity contribution >= 4 is 40.0 Å². The first kappa shape index (κ1) is 25.1. The van der Waals surface area contributed by atoms with E-state index in [4.69, 9.17) is 5.73 Å². The molecule has 1 aromatic rings. The summed E-state index contributed by atoms with van der Waals surface area (Å²) in [6, 6.07) is 6.69. The molecule has 0 aromatic heterocycles. The summed E-state index contributed by atoms with van der Waals surface area (Å²) >= 11 is 0. The topological polar surface area (TPSA) is 96.6 Å². The van der Waals surface area contributed by atoms with Gasteiger partial charge in [-0.15, -0.1) is 24.0 Å². The summed E-state index contributed by atoms with van der Waals surface area (Å²) in [7, 11) is -3.40. The van der Waals surface area contributed by atoms with E-state index in [-0.39, 0.29) is 28.9 Å². The van der Waals surface area contributed by atoms with E-state index in [1.165, 1.54) is 32.1 Å². The highest BCUT2D eigenvalue weighted by atomic mass is 127. The molecular formula is C18H33IN4O2S. The zero-order valence-corrected chi connectivity index (χ0v) is 19.0. The van der Waals surface area contributed by atoms with E-state index < -0.39 is 10.0 Å². The predicted octanol–water partition coefficient (Wildman–Crippen LogP) is 3.37. The normalized spacial score (nSPS) is 11.8. The fraction of sp³-hybridized carbons (Fsp3) is 0.611. The Bertz CT molecular complexity index is 619. The van der Waals surface area contributed by atoms with Crippen molar-refractivity contribution in [3.8, 4) is 0 Å². The molecule has 0 heterocycles. The number of nitrogens with two attached hydrogens (primary N) is 1. The number of sulfonamides is 1. The summed E-state index contributed by atoms with van der Waals surface area (Å²) in [4.78, 5) is 4.55. The number of hydrogen-bond donors (Lipinski definition) is 3. The van der Waals surface area contributed by atoms with E-state index in [1.54, 1.807) is 31.2 Å². The van der Waals surface area contributed by atoms with Gasteiger partial charge in [0.1, 0.15) is 0 Å². The van der Waals surface area contributed by atoms with Gasteiger partial charge in [0.05, 0.1) is 11.4 Å². The second-order valence-electron chi connectivity index (χ2n) is 6.04. The van der Waals surface area contributed by atoms with Crippen molar-refractivity contribution < 1.29 is 8.42 Å². The van der Waals surface area contributed by atoms with Crippen molar-refractivity contribution in [2.24, 2.45) is 10.7 Å². The zero-order valence-electron chi connectivity index (χ0n) is 15.8. The number of guanidine groups is 1. The van der Waals surface area contributed by atoms with Crippen LogP contribution in [-0.2, 0) is 16.6 Å². The molecule has 1 rings (SSSR count). The van der Waals surface area contributed by atoms with Gasteiger partial charge in [-0.1, -0.05) is 58.1 Å². The van der Waals surface area contributed by atoms with E-state index in [2.05, 4.69) is 22.0 Å². The number of halogens is 1. The molecule has 8 heteroatoms. The summed E-state index contributed by atoms with van der Waals surface area (Å²) in [6.45, 7) is 5.60. The average molecular weight is 496 g/mol. The molecule has 150 valence electrons. The van der Waals surface area contributed by atoms with Crippen LogP contribution < -0.4 is 15.8 Å². The van der Waals surface area contributed by atoms with Gasteiger partial charge in [-0.2, -0.15) is 0 Å². The molecule has 1 aromatic carbocycles. The molecule has 0 radical (unpaired) electrons. The summed E-state index contributed by atoms with van der Waals surface area (Å²) in [5.74, 6) is 0.429. The number of unbranched alkanes of at least 4 members (excludes halogenated alkanes) is 5. The van der Waals surface area contributed by atoms with Crippen LogP contribution in [0.4, 0.5) is 0 Å². The first-order chi connectivity index (χ1) is 12.0. The van der Waals surface area contributed by atoms with Crippen LogP contribution in [0.3, 0.4) is 0 Å². The molecular weight excluding hydrogens is 463 g/mol. The van der Waals surface area contributed by atoms with Crippen molar-refractivity contribution in [1.29, 1.82) is 0 Å². The first-order valence-corrected chi connectivity index (χ1v) is 10.6. The summed E-state index contributed by atoms with van der Waals surface area (Å²) in [6.07, 6.45) is 7.46. The van der Waals surface area contributed by atoms with Crippen LogP contribution in [-0.4, -0.2) is 27.5 Å². The molecule has 0 fully saturated rings. The van der Waals surface area contributed by atoms with Crippen LogP contribution in [0.2, 0.25) is 0 Å². The minimum Gasteiger partial charge on any atom is -0.370 e. The fourth-order valence-electron chi connectivity index (χ4n) is 2.40. The molecule has 0 atom stereocenters. The number of aliphatic imine (C=N–C) groups is 1. The van der Waals surface area contributed by atoms with Crippen LogP contribution in [0.25, 0.3) is 0 Å². The first-order valence-electron chi connectivity index (χ1n) is 9.12. The van der Waals surface area contributed by atoms with Crippen LogP contribution in [0.1, 0.15) is 57.9 Å². The quantitative estimate of drug-likeness (QED) is 0.179. The molecule has 6 nitrogen and oxygen atoms in total. The van der Waals surface area contributed by atoms with Gasteiger partial charge >= 0.3 is 0 Å². The lowest BCUT2D eigenvalue weighted by atomic mass is 10.1. The molecule has 26 heavy (non-hydrogen) atoms. The SMILES string of the molecule is CCCCCCCCNC(N)=NCc1ccc(S(=O)(=O)NCC)cc1.I. The van der Waals surface area contributed by atoms with Gasteiger partial charge in [-0.05, 0) is 24.1 Å². The lowest BCUT2D eigenvalue weighted by Crippen LogP contribution is -2.32. The molecule has 0 aliphatic rings. The Kier molecular flexibility index (Phi) is 13.7. The molecule has 0 aliphatic heterocycles. The number of hydrogen-bond acceptors (Lipinski definition) is 3. The summed E-state index contributed by atoms with van der Waals surface area (Å²) in [5, 5.41) is 3.12. The fourth-order valence-corrected chi connectivity index (χ4v) is 3.44. The van der Waals surface area contributed by atoms with Crippen molar-refractivity contribution in [3.05, 3.63) is 29.8 Å². The highest BCUT2D eigenvalue weighted by Crippen LogP contribution is 2.11. The zero-order chi connectivity index (χ0) is 18.5. The second kappa shape index (κ2) is 14.2. The van der Waals surface area contributed by atoms with Crippen molar-refractivity contribution in [2.75, 3.05) is 13.1 Å². The highest BCUT2D eigenvalue weighted by Gasteiger charge is 2.11. The van der Waals surface area contributed by atoms with Gasteiger partial charge < -0.3 is 11.1 Å². The van der Waals surface area contributed by atoms with E-state index in [0.29, 0.717) is 19.0 Å². The van der Waals surface area contributed by atoms with E-state index in [1.807, 2.05) is 0 Å². The summed E-state index contributed by atoms with van der Waals surface area (Å²) < 4.78 is 26.2. The Morgan fingerprint density at radius 3 is 2.27 bits per heavy atom. The van der Waals surface area contributed by atoms with E-state index >= 15 is 0 Å². The molecule has 4 N–H and O–H groups in total.